The molecule has 33 valence electrons. The zero-order valence-electron chi connectivity index (χ0n) is 3.99. The minimum atomic E-state index is 0.269. The quantitative estimate of drug-likeness (QED) is 0.447. The molecule has 0 aliphatic heterocycles. The second-order valence-corrected chi connectivity index (χ2v) is 2.20. The summed E-state index contributed by atoms with van der Waals surface area (Å²) >= 11 is 1.63. The molecule has 0 saturated carbocycles. The van der Waals surface area contributed by atoms with Gasteiger partial charge in [-0.15, -0.1) is 11.8 Å². The molecule has 0 nitrogen and oxygen atoms in total. The van der Waals surface area contributed by atoms with Gasteiger partial charge in [0, 0.05) is 0 Å². The third-order valence-electron chi connectivity index (χ3n) is 0.557. The summed E-state index contributed by atoms with van der Waals surface area (Å²) in [4.78, 5) is 0. The van der Waals surface area contributed by atoms with Crippen molar-refractivity contribution in [1.82, 2.24) is 0 Å². The van der Waals surface area contributed by atoms with Crippen LogP contribution in [-0.2, 0) is 0 Å². The van der Waals surface area contributed by atoms with E-state index in [9.17, 15) is 0 Å². The Hall–Kier alpha value is -0.0900. The van der Waals surface area contributed by atoms with Gasteiger partial charge in [-0.1, -0.05) is 5.92 Å². The van der Waals surface area contributed by atoms with Crippen molar-refractivity contribution in [3.05, 3.63) is 6.42 Å². The average Bonchev–Trinajstić information content (AvgIpc) is 1.65. The monoisotopic (exact) mass is 99.0 g/mol. The van der Waals surface area contributed by atoms with Gasteiger partial charge in [-0.3, -0.25) is 0 Å². The molecule has 0 amide bonds. The Balaban J connectivity index is 3.04. The van der Waals surface area contributed by atoms with E-state index in [4.69, 9.17) is 6.42 Å². The molecule has 0 fully saturated rings. The molecule has 0 spiro atoms. The second kappa shape index (κ2) is 3.11. The first kappa shape index (κ1) is 5.91. The normalized spacial score (nSPS) is 12.8. The first-order valence-corrected chi connectivity index (χ1v) is 3.05. The van der Waals surface area contributed by atoms with Crippen LogP contribution in [0.5, 0.6) is 0 Å². The highest BCUT2D eigenvalue weighted by Crippen LogP contribution is 2.00. The van der Waals surface area contributed by atoms with Gasteiger partial charge in [0.15, 0.2) is 0 Å². The van der Waals surface area contributed by atoms with Gasteiger partial charge < -0.3 is 0 Å². The van der Waals surface area contributed by atoms with E-state index in [0.717, 1.165) is 0 Å². The third-order valence-corrected chi connectivity index (χ3v) is 1.38. The van der Waals surface area contributed by atoms with Gasteiger partial charge in [0.1, 0.15) is 0 Å². The molecule has 0 bridgehead atoms. The first-order valence-electron chi connectivity index (χ1n) is 1.76. The molecular formula is C5H7S. The smallest absolute Gasteiger partial charge is 0.0636 e. The lowest BCUT2D eigenvalue weighted by Crippen LogP contribution is -1.84. The lowest BCUT2D eigenvalue weighted by molar-refractivity contribution is 1.30. The maximum absolute atomic E-state index is 6.54. The third kappa shape index (κ3) is 2.17. The molecule has 0 saturated heterocycles. The second-order valence-electron chi connectivity index (χ2n) is 1.02. The average molecular weight is 99.2 g/mol. The summed E-state index contributed by atoms with van der Waals surface area (Å²) in [5, 5.41) is 0.269. The molecule has 0 aliphatic carbocycles. The van der Waals surface area contributed by atoms with Crippen LogP contribution in [0.3, 0.4) is 0 Å². The minimum absolute atomic E-state index is 0.269. The summed E-state index contributed by atoms with van der Waals surface area (Å²) in [6.45, 7) is 1.94. The Labute approximate surface area is 43.3 Å². The standard InChI is InChI=1S/C5H7S/c1-4-5(2)6-3/h5H,2-3H3. The topological polar surface area (TPSA) is 0 Å². The van der Waals surface area contributed by atoms with Crippen LogP contribution in [0.2, 0.25) is 0 Å². The summed E-state index contributed by atoms with van der Waals surface area (Å²) in [6.07, 6.45) is 8.50. The fourth-order valence-electron chi connectivity index (χ4n) is 0.0589. The zero-order valence-corrected chi connectivity index (χ0v) is 4.80. The first-order chi connectivity index (χ1) is 2.81. The molecule has 0 aromatic rings. The molecule has 1 atom stereocenters. The molecule has 1 unspecified atom stereocenters. The van der Waals surface area contributed by atoms with Crippen LogP contribution in [0.4, 0.5) is 0 Å². The Morgan fingerprint density at radius 3 is 2.33 bits per heavy atom. The predicted octanol–water partition coefficient (Wildman–Crippen LogP) is 1.33. The van der Waals surface area contributed by atoms with Crippen LogP contribution < -0.4 is 0 Å². The largest absolute Gasteiger partial charge is 0.149 e. The van der Waals surface area contributed by atoms with Crippen molar-refractivity contribution in [2.24, 2.45) is 0 Å². The minimum Gasteiger partial charge on any atom is -0.149 e. The van der Waals surface area contributed by atoms with Crippen molar-refractivity contribution in [2.75, 3.05) is 6.26 Å². The predicted molar refractivity (Wildman–Crippen MR) is 30.1 cm³/mol. The van der Waals surface area contributed by atoms with Crippen molar-refractivity contribution < 1.29 is 0 Å². The van der Waals surface area contributed by atoms with Gasteiger partial charge in [-0.25, -0.2) is 0 Å². The van der Waals surface area contributed by atoms with Crippen LogP contribution in [0.1, 0.15) is 6.92 Å². The summed E-state index contributed by atoms with van der Waals surface area (Å²) < 4.78 is 0. The highest BCUT2D eigenvalue weighted by atomic mass is 32.2. The number of hydrogen-bond donors (Lipinski definition) is 0. The van der Waals surface area contributed by atoms with Crippen molar-refractivity contribution in [3.63, 3.8) is 0 Å². The van der Waals surface area contributed by atoms with Crippen molar-refractivity contribution >= 4 is 11.8 Å². The molecule has 6 heavy (non-hydrogen) atoms. The van der Waals surface area contributed by atoms with E-state index in [2.05, 4.69) is 5.92 Å². The van der Waals surface area contributed by atoms with Crippen molar-refractivity contribution in [3.8, 4) is 5.92 Å². The Bertz CT molecular complexity index is 60.8. The highest BCUT2D eigenvalue weighted by Gasteiger charge is 1.85. The molecule has 0 N–H and O–H groups in total. The van der Waals surface area contributed by atoms with Crippen LogP contribution in [0, 0.1) is 12.3 Å². The highest BCUT2D eigenvalue weighted by molar-refractivity contribution is 7.99. The van der Waals surface area contributed by atoms with Gasteiger partial charge in [-0.05, 0) is 19.6 Å². The van der Waals surface area contributed by atoms with Gasteiger partial charge in [-0.2, -0.15) is 0 Å². The van der Waals surface area contributed by atoms with E-state index in [1.54, 1.807) is 11.8 Å². The van der Waals surface area contributed by atoms with Crippen LogP contribution >= 0.6 is 11.8 Å². The van der Waals surface area contributed by atoms with E-state index in [1.165, 1.54) is 0 Å². The summed E-state index contributed by atoms with van der Waals surface area (Å²) in [5.41, 5.74) is 0. The molecular weight excluding hydrogens is 92.1 g/mol. The molecule has 1 radical (unpaired) electrons. The van der Waals surface area contributed by atoms with Crippen molar-refractivity contribution in [2.45, 2.75) is 12.2 Å². The summed E-state index contributed by atoms with van der Waals surface area (Å²) in [5.74, 6) is 2.33. The summed E-state index contributed by atoms with van der Waals surface area (Å²) in [6, 6.07) is 0. The molecule has 0 aliphatic rings. The number of hydrogen-bond acceptors (Lipinski definition) is 1. The van der Waals surface area contributed by atoms with E-state index in [0.29, 0.717) is 0 Å². The maximum atomic E-state index is 6.54. The van der Waals surface area contributed by atoms with Crippen molar-refractivity contribution in [1.29, 1.82) is 0 Å². The fourth-order valence-corrected chi connectivity index (χ4v) is 0.177. The van der Waals surface area contributed by atoms with Crippen LogP contribution in [0.25, 0.3) is 0 Å². The van der Waals surface area contributed by atoms with Gasteiger partial charge in [0.25, 0.3) is 0 Å². The lowest BCUT2D eigenvalue weighted by Gasteiger charge is -1.90. The Morgan fingerprint density at radius 1 is 1.83 bits per heavy atom. The zero-order chi connectivity index (χ0) is 4.99. The molecule has 0 aromatic heterocycles. The van der Waals surface area contributed by atoms with Gasteiger partial charge >= 0.3 is 0 Å². The molecule has 0 aromatic carbocycles. The maximum Gasteiger partial charge on any atom is 0.0636 e. The van der Waals surface area contributed by atoms with E-state index < -0.39 is 0 Å². The number of thioether (sulfide) groups is 1. The Kier molecular flexibility index (Phi) is 3.07. The van der Waals surface area contributed by atoms with Gasteiger partial charge in [0.05, 0.1) is 5.25 Å². The van der Waals surface area contributed by atoms with E-state index in [1.807, 2.05) is 13.2 Å². The molecule has 0 heterocycles. The van der Waals surface area contributed by atoms with Gasteiger partial charge in [0.2, 0.25) is 0 Å². The Morgan fingerprint density at radius 2 is 2.33 bits per heavy atom. The fraction of sp³-hybridized carbons (Fsp3) is 0.600. The van der Waals surface area contributed by atoms with E-state index >= 15 is 0 Å². The number of rotatable bonds is 1. The SMILES string of the molecule is [C]#CC(C)SC. The lowest BCUT2D eigenvalue weighted by atomic mass is 10.5. The van der Waals surface area contributed by atoms with E-state index in [-0.39, 0.29) is 5.25 Å². The van der Waals surface area contributed by atoms with Crippen LogP contribution in [0.15, 0.2) is 0 Å². The molecule has 0 rings (SSSR count). The molecule has 1 heteroatoms. The summed E-state index contributed by atoms with van der Waals surface area (Å²) in [7, 11) is 0. The van der Waals surface area contributed by atoms with Crippen LogP contribution in [-0.4, -0.2) is 11.5 Å².